The number of methoxy groups -OCH3 is 1. The zero-order valence-electron chi connectivity index (χ0n) is 13.0. The highest BCUT2D eigenvalue weighted by atomic mass is 35.5. The molecule has 0 bridgehead atoms. The lowest BCUT2D eigenvalue weighted by atomic mass is 10.2. The number of nitrogens with one attached hydrogen (secondary N) is 1. The summed E-state index contributed by atoms with van der Waals surface area (Å²) in [5.41, 5.74) is 1.66. The molecule has 0 saturated carbocycles. The number of anilines is 1. The van der Waals surface area contributed by atoms with Gasteiger partial charge in [0.05, 0.1) is 24.4 Å². The van der Waals surface area contributed by atoms with E-state index < -0.39 is 0 Å². The molecule has 0 aliphatic heterocycles. The van der Waals surface area contributed by atoms with Crippen molar-refractivity contribution in [2.24, 2.45) is 0 Å². The topological polar surface area (TPSA) is 41.6 Å². The molecule has 2 rings (SSSR count). The van der Waals surface area contributed by atoms with Gasteiger partial charge in [0.25, 0.3) is 0 Å². The van der Waals surface area contributed by atoms with E-state index >= 15 is 0 Å². The van der Waals surface area contributed by atoms with Gasteiger partial charge < -0.3 is 10.1 Å². The first-order chi connectivity index (χ1) is 11.0. The zero-order chi connectivity index (χ0) is 16.8. The third-order valence-electron chi connectivity index (χ3n) is 3.23. The fourth-order valence-electron chi connectivity index (χ4n) is 2.12. The number of nitrogens with zero attached hydrogens (tertiary/aromatic N) is 1. The van der Waals surface area contributed by atoms with E-state index in [-0.39, 0.29) is 12.5 Å². The van der Waals surface area contributed by atoms with Crippen molar-refractivity contribution in [1.29, 1.82) is 0 Å². The average molecular weight is 353 g/mol. The minimum atomic E-state index is -0.134. The third-order valence-corrected chi connectivity index (χ3v) is 3.78. The number of halogens is 2. The number of likely N-dealkylation sites (N-methyl/N-ethyl adjacent to an activating group) is 1. The summed E-state index contributed by atoms with van der Waals surface area (Å²) < 4.78 is 5.13. The molecular formula is C17H18Cl2N2O2. The van der Waals surface area contributed by atoms with Gasteiger partial charge in [-0.05, 0) is 42.9 Å². The quantitative estimate of drug-likeness (QED) is 0.851. The van der Waals surface area contributed by atoms with Crippen LogP contribution in [0.25, 0.3) is 0 Å². The van der Waals surface area contributed by atoms with Gasteiger partial charge in [-0.2, -0.15) is 0 Å². The summed E-state index contributed by atoms with van der Waals surface area (Å²) >= 11 is 11.9. The zero-order valence-corrected chi connectivity index (χ0v) is 14.5. The Bertz CT molecular complexity index is 675. The number of ether oxygens (including phenoxy) is 1. The molecule has 0 heterocycles. The Hall–Kier alpha value is -1.75. The molecule has 2 aromatic carbocycles. The number of carbonyl (C=O) groups excluding carboxylic acids is 1. The van der Waals surface area contributed by atoms with Gasteiger partial charge in [0.15, 0.2) is 0 Å². The summed E-state index contributed by atoms with van der Waals surface area (Å²) in [7, 11) is 3.51. The fourth-order valence-corrected chi connectivity index (χ4v) is 2.58. The number of hydrogen-bond acceptors (Lipinski definition) is 3. The van der Waals surface area contributed by atoms with Crippen LogP contribution < -0.4 is 10.1 Å². The van der Waals surface area contributed by atoms with E-state index in [1.54, 1.807) is 25.3 Å². The van der Waals surface area contributed by atoms with Gasteiger partial charge in [-0.3, -0.25) is 9.69 Å². The molecule has 6 heteroatoms. The Kier molecular flexibility index (Phi) is 6.28. The van der Waals surface area contributed by atoms with Crippen LogP contribution in [0.3, 0.4) is 0 Å². The number of benzene rings is 2. The Morgan fingerprint density at radius 2 is 1.87 bits per heavy atom. The van der Waals surface area contributed by atoms with Crippen molar-refractivity contribution < 1.29 is 9.53 Å². The van der Waals surface area contributed by atoms with Crippen LogP contribution in [0.5, 0.6) is 5.75 Å². The molecule has 0 aliphatic rings. The lowest BCUT2D eigenvalue weighted by Crippen LogP contribution is -2.29. The molecule has 0 fully saturated rings. The Balaban J connectivity index is 1.88. The molecule has 122 valence electrons. The van der Waals surface area contributed by atoms with Crippen LogP contribution >= 0.6 is 23.2 Å². The molecule has 0 aromatic heterocycles. The van der Waals surface area contributed by atoms with Gasteiger partial charge in [-0.25, -0.2) is 0 Å². The van der Waals surface area contributed by atoms with E-state index in [4.69, 9.17) is 27.9 Å². The minimum Gasteiger partial charge on any atom is -0.497 e. The number of hydrogen-bond donors (Lipinski definition) is 1. The van der Waals surface area contributed by atoms with Crippen LogP contribution in [0.2, 0.25) is 10.0 Å². The summed E-state index contributed by atoms with van der Waals surface area (Å²) in [6, 6.07) is 12.7. The normalized spacial score (nSPS) is 10.7. The first-order valence-electron chi connectivity index (χ1n) is 7.04. The predicted molar refractivity (Wildman–Crippen MR) is 94.4 cm³/mol. The Labute approximate surface area is 146 Å². The van der Waals surface area contributed by atoms with Gasteiger partial charge in [-0.1, -0.05) is 35.3 Å². The minimum absolute atomic E-state index is 0.134. The van der Waals surface area contributed by atoms with E-state index in [0.717, 1.165) is 11.3 Å². The number of rotatable bonds is 6. The summed E-state index contributed by atoms with van der Waals surface area (Å²) in [4.78, 5) is 14.0. The van der Waals surface area contributed by atoms with Crippen LogP contribution in [-0.4, -0.2) is 31.5 Å². The molecule has 1 N–H and O–H groups in total. The largest absolute Gasteiger partial charge is 0.497 e. The van der Waals surface area contributed by atoms with Crippen molar-refractivity contribution in [1.82, 2.24) is 4.90 Å². The second kappa shape index (κ2) is 8.20. The molecule has 4 nitrogen and oxygen atoms in total. The van der Waals surface area contributed by atoms with Crippen LogP contribution in [0.15, 0.2) is 42.5 Å². The standard InChI is InChI=1S/C17H18Cl2N2O2/c1-21(10-12-3-6-14(23-2)7-4-12)11-17(22)20-16-8-5-13(18)9-15(16)19/h3-9H,10-11H2,1-2H3,(H,20,22). The predicted octanol–water partition coefficient (Wildman–Crippen LogP) is 4.07. The SMILES string of the molecule is COc1ccc(CN(C)CC(=O)Nc2ccc(Cl)cc2Cl)cc1. The lowest BCUT2D eigenvalue weighted by molar-refractivity contribution is -0.117. The second-order valence-corrected chi connectivity index (χ2v) is 6.04. The van der Waals surface area contributed by atoms with Crippen molar-refractivity contribution in [3.8, 4) is 5.75 Å². The van der Waals surface area contributed by atoms with Crippen molar-refractivity contribution >= 4 is 34.8 Å². The summed E-state index contributed by atoms with van der Waals surface area (Å²) in [5.74, 6) is 0.678. The van der Waals surface area contributed by atoms with E-state index in [0.29, 0.717) is 22.3 Å². The van der Waals surface area contributed by atoms with Crippen molar-refractivity contribution in [3.63, 3.8) is 0 Å². The van der Waals surface area contributed by atoms with Crippen LogP contribution in [0.4, 0.5) is 5.69 Å². The molecule has 0 saturated heterocycles. The summed E-state index contributed by atoms with van der Waals surface area (Å²) in [5, 5.41) is 3.73. The average Bonchev–Trinajstić information content (AvgIpc) is 2.50. The van der Waals surface area contributed by atoms with Crippen LogP contribution in [-0.2, 0) is 11.3 Å². The van der Waals surface area contributed by atoms with E-state index in [9.17, 15) is 4.79 Å². The van der Waals surface area contributed by atoms with Crippen molar-refractivity contribution in [3.05, 3.63) is 58.1 Å². The second-order valence-electron chi connectivity index (χ2n) is 5.19. The molecule has 0 unspecified atom stereocenters. The lowest BCUT2D eigenvalue weighted by Gasteiger charge is -2.17. The first kappa shape index (κ1) is 17.6. The van der Waals surface area contributed by atoms with Crippen LogP contribution in [0.1, 0.15) is 5.56 Å². The molecule has 2 aromatic rings. The highest BCUT2D eigenvalue weighted by molar-refractivity contribution is 6.36. The molecule has 23 heavy (non-hydrogen) atoms. The molecule has 1 amide bonds. The molecule has 0 spiro atoms. The highest BCUT2D eigenvalue weighted by Gasteiger charge is 2.10. The van der Waals surface area contributed by atoms with Crippen LogP contribution in [0, 0.1) is 0 Å². The van der Waals surface area contributed by atoms with Gasteiger partial charge in [0.1, 0.15) is 5.75 Å². The summed E-state index contributed by atoms with van der Waals surface area (Å²) in [6.45, 7) is 0.913. The van der Waals surface area contributed by atoms with Gasteiger partial charge in [0.2, 0.25) is 5.91 Å². The first-order valence-corrected chi connectivity index (χ1v) is 7.80. The maximum absolute atomic E-state index is 12.1. The van der Waals surface area contributed by atoms with Gasteiger partial charge >= 0.3 is 0 Å². The van der Waals surface area contributed by atoms with E-state index in [1.165, 1.54) is 0 Å². The highest BCUT2D eigenvalue weighted by Crippen LogP contribution is 2.25. The molecule has 0 radical (unpaired) electrons. The Morgan fingerprint density at radius 1 is 1.17 bits per heavy atom. The molecule has 0 atom stereocenters. The van der Waals surface area contributed by atoms with Crippen molar-refractivity contribution in [2.45, 2.75) is 6.54 Å². The van der Waals surface area contributed by atoms with E-state index in [1.807, 2.05) is 36.2 Å². The summed E-state index contributed by atoms with van der Waals surface area (Å²) in [6.07, 6.45) is 0. The van der Waals surface area contributed by atoms with Crippen molar-refractivity contribution in [2.75, 3.05) is 26.0 Å². The Morgan fingerprint density at radius 3 is 2.48 bits per heavy atom. The number of amides is 1. The monoisotopic (exact) mass is 352 g/mol. The van der Waals surface area contributed by atoms with E-state index in [2.05, 4.69) is 5.32 Å². The molecule has 0 aliphatic carbocycles. The maximum atomic E-state index is 12.1. The fraction of sp³-hybridized carbons (Fsp3) is 0.235. The van der Waals surface area contributed by atoms with Gasteiger partial charge in [0, 0.05) is 11.6 Å². The molecular weight excluding hydrogens is 335 g/mol. The number of carbonyl (C=O) groups is 1. The van der Waals surface area contributed by atoms with Gasteiger partial charge in [-0.15, -0.1) is 0 Å². The smallest absolute Gasteiger partial charge is 0.238 e. The third kappa shape index (κ3) is 5.43. The maximum Gasteiger partial charge on any atom is 0.238 e.